The maximum absolute atomic E-state index is 12.0. The zero-order chi connectivity index (χ0) is 11.6. The molecular formula is C12H22N2O2. The fourth-order valence-corrected chi connectivity index (χ4v) is 2.21. The molecule has 0 aromatic heterocycles. The van der Waals surface area contributed by atoms with Crippen LogP contribution in [0.1, 0.15) is 39.0 Å². The first-order chi connectivity index (χ1) is 7.65. The number of carbonyl (C=O) groups is 1. The first-order valence-corrected chi connectivity index (χ1v) is 6.35. The first kappa shape index (κ1) is 11.9. The zero-order valence-corrected chi connectivity index (χ0v) is 10.1. The minimum Gasteiger partial charge on any atom is -0.376 e. The third-order valence-electron chi connectivity index (χ3n) is 3.44. The number of carbonyl (C=O) groups excluding carboxylic acids is 1. The number of amides is 1. The van der Waals surface area contributed by atoms with Crippen molar-refractivity contribution in [3.63, 3.8) is 0 Å². The number of hydrogen-bond acceptors (Lipinski definition) is 3. The molecule has 2 rings (SSSR count). The number of rotatable bonds is 4. The van der Waals surface area contributed by atoms with Gasteiger partial charge in [0.1, 0.15) is 0 Å². The van der Waals surface area contributed by atoms with Gasteiger partial charge < -0.3 is 15.4 Å². The molecule has 0 aromatic carbocycles. The van der Waals surface area contributed by atoms with Crippen molar-refractivity contribution in [3.8, 4) is 0 Å². The molecule has 1 amide bonds. The second-order valence-corrected chi connectivity index (χ2v) is 5.04. The highest BCUT2D eigenvalue weighted by Crippen LogP contribution is 2.34. The van der Waals surface area contributed by atoms with E-state index in [9.17, 15) is 4.79 Å². The van der Waals surface area contributed by atoms with Crippen LogP contribution in [-0.4, -0.2) is 42.1 Å². The van der Waals surface area contributed by atoms with Gasteiger partial charge in [-0.2, -0.15) is 0 Å². The third kappa shape index (κ3) is 2.55. The summed E-state index contributed by atoms with van der Waals surface area (Å²) in [4.78, 5) is 13.9. The van der Waals surface area contributed by atoms with E-state index in [0.29, 0.717) is 0 Å². The number of nitrogens with zero attached hydrogens (tertiary/aromatic N) is 1. The Morgan fingerprint density at radius 3 is 2.94 bits per heavy atom. The normalized spacial score (nSPS) is 27.9. The molecule has 1 atom stereocenters. The van der Waals surface area contributed by atoms with E-state index in [0.717, 1.165) is 51.8 Å². The predicted octanol–water partition coefficient (Wildman–Crippen LogP) is 0.895. The average Bonchev–Trinajstić information content (AvgIpc) is 3.05. The molecule has 0 bridgehead atoms. The summed E-state index contributed by atoms with van der Waals surface area (Å²) in [5.74, 6) is 0.136. The Morgan fingerprint density at radius 2 is 2.31 bits per heavy atom. The number of ether oxygens (including phenoxy) is 1. The average molecular weight is 226 g/mol. The van der Waals surface area contributed by atoms with Crippen LogP contribution in [0.4, 0.5) is 0 Å². The lowest BCUT2D eigenvalue weighted by molar-refractivity contribution is -0.137. The minimum atomic E-state index is -0.521. The lowest BCUT2D eigenvalue weighted by atomic mass is 10.1. The van der Waals surface area contributed by atoms with Crippen molar-refractivity contribution in [1.82, 2.24) is 4.90 Å². The largest absolute Gasteiger partial charge is 0.376 e. The van der Waals surface area contributed by atoms with Crippen molar-refractivity contribution >= 4 is 5.91 Å². The van der Waals surface area contributed by atoms with Crippen molar-refractivity contribution in [2.75, 3.05) is 19.7 Å². The first-order valence-electron chi connectivity index (χ1n) is 6.35. The van der Waals surface area contributed by atoms with Crippen LogP contribution >= 0.6 is 0 Å². The van der Waals surface area contributed by atoms with Gasteiger partial charge in [-0.15, -0.1) is 0 Å². The molecule has 1 heterocycles. The third-order valence-corrected chi connectivity index (χ3v) is 3.44. The van der Waals surface area contributed by atoms with Gasteiger partial charge in [-0.25, -0.2) is 0 Å². The van der Waals surface area contributed by atoms with Crippen molar-refractivity contribution in [2.24, 2.45) is 5.73 Å². The Bertz CT molecular complexity index is 264. The van der Waals surface area contributed by atoms with Crippen LogP contribution in [0.3, 0.4) is 0 Å². The molecule has 4 heteroatoms. The monoisotopic (exact) mass is 226 g/mol. The molecule has 2 N–H and O–H groups in total. The van der Waals surface area contributed by atoms with E-state index in [1.807, 2.05) is 4.90 Å². The molecule has 0 spiro atoms. The molecule has 0 aromatic rings. The lowest BCUT2D eigenvalue weighted by Crippen LogP contribution is -2.51. The SMILES string of the molecule is CCCO[C@@H]1CCCN(C(=O)C2(N)CC2)C1. The van der Waals surface area contributed by atoms with Crippen LogP contribution < -0.4 is 5.73 Å². The van der Waals surface area contributed by atoms with Gasteiger partial charge in [-0.1, -0.05) is 6.92 Å². The fraction of sp³-hybridized carbons (Fsp3) is 0.917. The number of likely N-dealkylation sites (tertiary alicyclic amines) is 1. The highest BCUT2D eigenvalue weighted by molar-refractivity contribution is 5.89. The van der Waals surface area contributed by atoms with E-state index in [1.165, 1.54) is 0 Å². The molecule has 92 valence electrons. The molecule has 1 aliphatic carbocycles. The molecule has 4 nitrogen and oxygen atoms in total. The Labute approximate surface area is 97.1 Å². The van der Waals surface area contributed by atoms with E-state index in [1.54, 1.807) is 0 Å². The number of nitrogens with two attached hydrogens (primary N) is 1. The highest BCUT2D eigenvalue weighted by Gasteiger charge is 2.48. The van der Waals surface area contributed by atoms with Gasteiger partial charge in [0.05, 0.1) is 11.6 Å². The van der Waals surface area contributed by atoms with Gasteiger partial charge in [0.2, 0.25) is 5.91 Å². The smallest absolute Gasteiger partial charge is 0.242 e. The Kier molecular flexibility index (Phi) is 3.50. The number of piperidine rings is 1. The van der Waals surface area contributed by atoms with Gasteiger partial charge in [0, 0.05) is 19.7 Å². The van der Waals surface area contributed by atoms with E-state index in [2.05, 4.69) is 6.92 Å². The highest BCUT2D eigenvalue weighted by atomic mass is 16.5. The standard InChI is InChI=1S/C12H22N2O2/c1-2-8-16-10-4-3-7-14(9-10)11(15)12(13)5-6-12/h10H,2-9,13H2,1H3/t10-/m1/s1. The van der Waals surface area contributed by atoms with Crippen molar-refractivity contribution in [3.05, 3.63) is 0 Å². The van der Waals surface area contributed by atoms with E-state index in [4.69, 9.17) is 10.5 Å². The van der Waals surface area contributed by atoms with Crippen LogP contribution in [0.5, 0.6) is 0 Å². The predicted molar refractivity (Wildman–Crippen MR) is 62.0 cm³/mol. The topological polar surface area (TPSA) is 55.6 Å². The van der Waals surface area contributed by atoms with Crippen LogP contribution in [0.25, 0.3) is 0 Å². The van der Waals surface area contributed by atoms with Gasteiger partial charge in [-0.3, -0.25) is 4.79 Å². The van der Waals surface area contributed by atoms with E-state index in [-0.39, 0.29) is 12.0 Å². The summed E-state index contributed by atoms with van der Waals surface area (Å²) in [7, 11) is 0. The summed E-state index contributed by atoms with van der Waals surface area (Å²) in [6.07, 6.45) is 5.06. The summed E-state index contributed by atoms with van der Waals surface area (Å²) in [5, 5.41) is 0. The maximum atomic E-state index is 12.0. The van der Waals surface area contributed by atoms with Crippen LogP contribution in [0, 0.1) is 0 Å². The van der Waals surface area contributed by atoms with Gasteiger partial charge in [0.25, 0.3) is 0 Å². The maximum Gasteiger partial charge on any atom is 0.242 e. The Morgan fingerprint density at radius 1 is 1.56 bits per heavy atom. The van der Waals surface area contributed by atoms with Gasteiger partial charge >= 0.3 is 0 Å². The second kappa shape index (κ2) is 4.72. The minimum absolute atomic E-state index is 0.136. The molecule has 1 saturated carbocycles. The van der Waals surface area contributed by atoms with Crippen LogP contribution in [0.15, 0.2) is 0 Å². The molecular weight excluding hydrogens is 204 g/mol. The summed E-state index contributed by atoms with van der Waals surface area (Å²) in [6.45, 7) is 4.48. The van der Waals surface area contributed by atoms with Crippen molar-refractivity contribution < 1.29 is 9.53 Å². The van der Waals surface area contributed by atoms with Gasteiger partial charge in [0.15, 0.2) is 0 Å². The summed E-state index contributed by atoms with van der Waals surface area (Å²) in [6, 6.07) is 0. The van der Waals surface area contributed by atoms with E-state index >= 15 is 0 Å². The summed E-state index contributed by atoms with van der Waals surface area (Å²) < 4.78 is 5.71. The number of hydrogen-bond donors (Lipinski definition) is 1. The molecule has 0 unspecified atom stereocenters. The molecule has 2 aliphatic rings. The molecule has 0 radical (unpaired) electrons. The van der Waals surface area contributed by atoms with Crippen LogP contribution in [-0.2, 0) is 9.53 Å². The quantitative estimate of drug-likeness (QED) is 0.774. The Hall–Kier alpha value is -0.610. The summed E-state index contributed by atoms with van der Waals surface area (Å²) in [5.41, 5.74) is 5.41. The van der Waals surface area contributed by atoms with Gasteiger partial charge in [-0.05, 0) is 32.1 Å². The van der Waals surface area contributed by atoms with Crippen molar-refractivity contribution in [2.45, 2.75) is 50.7 Å². The second-order valence-electron chi connectivity index (χ2n) is 5.04. The fourth-order valence-electron chi connectivity index (χ4n) is 2.21. The summed E-state index contributed by atoms with van der Waals surface area (Å²) >= 11 is 0. The van der Waals surface area contributed by atoms with E-state index < -0.39 is 5.54 Å². The lowest BCUT2D eigenvalue weighted by Gasteiger charge is -2.34. The molecule has 2 fully saturated rings. The molecule has 1 saturated heterocycles. The Balaban J connectivity index is 1.84. The zero-order valence-electron chi connectivity index (χ0n) is 10.1. The van der Waals surface area contributed by atoms with Crippen molar-refractivity contribution in [1.29, 1.82) is 0 Å². The molecule has 1 aliphatic heterocycles. The van der Waals surface area contributed by atoms with Crippen LogP contribution in [0.2, 0.25) is 0 Å². The molecule has 16 heavy (non-hydrogen) atoms.